The maximum Gasteiger partial charge on any atom is 0.137 e. The normalized spacial score (nSPS) is 21.7. The Balaban J connectivity index is 2.22. The summed E-state index contributed by atoms with van der Waals surface area (Å²) in [7, 11) is 0. The Bertz CT molecular complexity index is 304. The molecule has 5 heteroatoms. The molecule has 5 nitrogen and oxygen atoms in total. The highest BCUT2D eigenvalue weighted by Gasteiger charge is 2.22. The molecule has 1 aromatic rings. The molecule has 0 aliphatic carbocycles. The van der Waals surface area contributed by atoms with Gasteiger partial charge in [-0.25, -0.2) is 0 Å². The summed E-state index contributed by atoms with van der Waals surface area (Å²) in [5.74, 6) is 2.37. The predicted octanol–water partition coefficient (Wildman–Crippen LogP) is -0.344. The summed E-state index contributed by atoms with van der Waals surface area (Å²) >= 11 is 0. The minimum Gasteiger partial charge on any atom is -0.395 e. The summed E-state index contributed by atoms with van der Waals surface area (Å²) in [5.41, 5.74) is 0. The number of aliphatic hydroxyl groups excluding tert-OH is 1. The summed E-state index contributed by atoms with van der Waals surface area (Å²) in [5, 5.41) is 20.5. The van der Waals surface area contributed by atoms with E-state index < -0.39 is 0 Å². The van der Waals surface area contributed by atoms with Crippen molar-refractivity contribution in [1.29, 1.82) is 0 Å². The number of nitrogens with zero attached hydrogens (tertiary/aromatic N) is 3. The van der Waals surface area contributed by atoms with Gasteiger partial charge in [0.25, 0.3) is 0 Å². The number of hydrogen-bond donors (Lipinski definition) is 2. The molecule has 0 aromatic carbocycles. The molecular formula is C9H16N4O. The second-order valence-corrected chi connectivity index (χ2v) is 3.67. The third-order valence-electron chi connectivity index (χ3n) is 2.71. The molecule has 0 amide bonds. The number of aryl methyl sites for hydroxylation is 1. The van der Waals surface area contributed by atoms with Crippen LogP contribution in [-0.4, -0.2) is 39.6 Å². The maximum atomic E-state index is 8.94. The molecule has 2 N–H and O–H groups in total. The lowest BCUT2D eigenvalue weighted by atomic mass is 10.1. The van der Waals surface area contributed by atoms with E-state index in [1.807, 2.05) is 11.5 Å². The second-order valence-electron chi connectivity index (χ2n) is 3.67. The van der Waals surface area contributed by atoms with Crippen LogP contribution < -0.4 is 5.32 Å². The molecule has 2 heterocycles. The highest BCUT2D eigenvalue weighted by atomic mass is 16.3. The molecular weight excluding hydrogens is 180 g/mol. The van der Waals surface area contributed by atoms with Crippen LogP contribution >= 0.6 is 0 Å². The number of aliphatic hydroxyl groups is 1. The first-order chi connectivity index (χ1) is 6.83. The fourth-order valence-corrected chi connectivity index (χ4v) is 1.95. The zero-order valence-electron chi connectivity index (χ0n) is 8.40. The van der Waals surface area contributed by atoms with Crippen LogP contribution in [0.3, 0.4) is 0 Å². The maximum absolute atomic E-state index is 8.94. The molecule has 14 heavy (non-hydrogen) atoms. The zero-order valence-corrected chi connectivity index (χ0v) is 8.40. The summed E-state index contributed by atoms with van der Waals surface area (Å²) in [6.07, 6.45) is 1.11. The number of aromatic nitrogens is 3. The van der Waals surface area contributed by atoms with Crippen molar-refractivity contribution in [3.8, 4) is 0 Å². The SMILES string of the molecule is Cc1nnc(C2CCNC2)n1CCO. The van der Waals surface area contributed by atoms with Crippen molar-refractivity contribution in [2.45, 2.75) is 25.8 Å². The molecule has 0 spiro atoms. The van der Waals surface area contributed by atoms with Gasteiger partial charge in [-0.05, 0) is 19.9 Å². The highest BCUT2D eigenvalue weighted by molar-refractivity contribution is 5.04. The van der Waals surface area contributed by atoms with Gasteiger partial charge in [-0.3, -0.25) is 0 Å². The molecule has 1 unspecified atom stereocenters. The molecule has 1 atom stereocenters. The van der Waals surface area contributed by atoms with Crippen molar-refractivity contribution < 1.29 is 5.11 Å². The van der Waals surface area contributed by atoms with E-state index in [0.29, 0.717) is 12.5 Å². The molecule has 1 aliphatic rings. The van der Waals surface area contributed by atoms with Crippen LogP contribution in [0.2, 0.25) is 0 Å². The topological polar surface area (TPSA) is 63.0 Å². The Hall–Kier alpha value is -0.940. The van der Waals surface area contributed by atoms with Crippen molar-refractivity contribution in [2.75, 3.05) is 19.7 Å². The van der Waals surface area contributed by atoms with E-state index in [1.54, 1.807) is 0 Å². The van der Waals surface area contributed by atoms with Gasteiger partial charge in [0.1, 0.15) is 11.6 Å². The Morgan fingerprint density at radius 2 is 2.43 bits per heavy atom. The third-order valence-corrected chi connectivity index (χ3v) is 2.71. The average molecular weight is 196 g/mol. The summed E-state index contributed by atoms with van der Waals surface area (Å²) in [4.78, 5) is 0. The quantitative estimate of drug-likeness (QED) is 0.694. The van der Waals surface area contributed by atoms with E-state index in [0.717, 1.165) is 31.2 Å². The van der Waals surface area contributed by atoms with Crippen LogP contribution in [0.1, 0.15) is 24.0 Å². The number of nitrogens with one attached hydrogen (secondary N) is 1. The van der Waals surface area contributed by atoms with Crippen LogP contribution in [0, 0.1) is 6.92 Å². The zero-order chi connectivity index (χ0) is 9.97. The molecule has 2 rings (SSSR count). The molecule has 78 valence electrons. The van der Waals surface area contributed by atoms with E-state index in [4.69, 9.17) is 5.11 Å². The Morgan fingerprint density at radius 3 is 3.07 bits per heavy atom. The van der Waals surface area contributed by atoms with E-state index in [9.17, 15) is 0 Å². The van der Waals surface area contributed by atoms with Crippen LogP contribution in [-0.2, 0) is 6.54 Å². The molecule has 0 radical (unpaired) electrons. The van der Waals surface area contributed by atoms with Gasteiger partial charge < -0.3 is 15.0 Å². The minimum atomic E-state index is 0.145. The van der Waals surface area contributed by atoms with E-state index in [1.165, 1.54) is 0 Å². The van der Waals surface area contributed by atoms with Gasteiger partial charge >= 0.3 is 0 Å². The van der Waals surface area contributed by atoms with Crippen LogP contribution in [0.15, 0.2) is 0 Å². The van der Waals surface area contributed by atoms with Crippen LogP contribution in [0.4, 0.5) is 0 Å². The monoisotopic (exact) mass is 196 g/mol. The van der Waals surface area contributed by atoms with Gasteiger partial charge in [-0.1, -0.05) is 0 Å². The third kappa shape index (κ3) is 1.65. The number of hydrogen-bond acceptors (Lipinski definition) is 4. The fourth-order valence-electron chi connectivity index (χ4n) is 1.95. The lowest BCUT2D eigenvalue weighted by molar-refractivity contribution is 0.272. The molecule has 0 bridgehead atoms. The first-order valence-electron chi connectivity index (χ1n) is 5.04. The number of rotatable bonds is 3. The molecule has 0 saturated carbocycles. The summed E-state index contributed by atoms with van der Waals surface area (Å²) in [6.45, 7) is 4.70. The lowest BCUT2D eigenvalue weighted by Crippen LogP contribution is -2.15. The van der Waals surface area contributed by atoms with Crippen molar-refractivity contribution in [3.63, 3.8) is 0 Å². The molecule has 1 saturated heterocycles. The highest BCUT2D eigenvalue weighted by Crippen LogP contribution is 2.20. The van der Waals surface area contributed by atoms with E-state index >= 15 is 0 Å². The van der Waals surface area contributed by atoms with Gasteiger partial charge in [0, 0.05) is 19.0 Å². The fraction of sp³-hybridized carbons (Fsp3) is 0.778. The van der Waals surface area contributed by atoms with Crippen molar-refractivity contribution in [3.05, 3.63) is 11.6 Å². The minimum absolute atomic E-state index is 0.145. The van der Waals surface area contributed by atoms with Crippen molar-refractivity contribution >= 4 is 0 Å². The van der Waals surface area contributed by atoms with Gasteiger partial charge in [0.05, 0.1) is 6.61 Å². The Morgan fingerprint density at radius 1 is 1.57 bits per heavy atom. The first-order valence-corrected chi connectivity index (χ1v) is 5.04. The van der Waals surface area contributed by atoms with Crippen molar-refractivity contribution in [2.24, 2.45) is 0 Å². The summed E-state index contributed by atoms with van der Waals surface area (Å²) < 4.78 is 2.01. The smallest absolute Gasteiger partial charge is 0.137 e. The van der Waals surface area contributed by atoms with Gasteiger partial charge in [0.15, 0.2) is 0 Å². The van der Waals surface area contributed by atoms with E-state index in [-0.39, 0.29) is 6.61 Å². The second kappa shape index (κ2) is 4.06. The predicted molar refractivity (Wildman–Crippen MR) is 52.1 cm³/mol. The molecule has 1 fully saturated rings. The van der Waals surface area contributed by atoms with Crippen LogP contribution in [0.5, 0.6) is 0 Å². The van der Waals surface area contributed by atoms with Crippen molar-refractivity contribution in [1.82, 2.24) is 20.1 Å². The molecule has 1 aliphatic heterocycles. The first kappa shape index (κ1) is 9.61. The largest absolute Gasteiger partial charge is 0.395 e. The standard InChI is InChI=1S/C9H16N4O/c1-7-11-12-9(13(7)4-5-14)8-2-3-10-6-8/h8,10,14H,2-6H2,1H3. The van der Waals surface area contributed by atoms with Gasteiger partial charge in [0.2, 0.25) is 0 Å². The lowest BCUT2D eigenvalue weighted by Gasteiger charge is -2.10. The molecule has 1 aromatic heterocycles. The Kier molecular flexibility index (Phi) is 2.79. The van der Waals surface area contributed by atoms with Crippen LogP contribution in [0.25, 0.3) is 0 Å². The summed E-state index contributed by atoms with van der Waals surface area (Å²) in [6, 6.07) is 0. The average Bonchev–Trinajstić information content (AvgIpc) is 2.77. The van der Waals surface area contributed by atoms with Gasteiger partial charge in [-0.15, -0.1) is 10.2 Å². The Labute approximate surface area is 83.2 Å². The van der Waals surface area contributed by atoms with E-state index in [2.05, 4.69) is 15.5 Å². The van der Waals surface area contributed by atoms with Gasteiger partial charge in [-0.2, -0.15) is 0 Å².